The van der Waals surface area contributed by atoms with E-state index in [2.05, 4.69) is 52.3 Å². The van der Waals surface area contributed by atoms with E-state index in [4.69, 9.17) is 38.5 Å². The van der Waals surface area contributed by atoms with Crippen molar-refractivity contribution in [1.82, 2.24) is 45.5 Å². The first kappa shape index (κ1) is 78.1. The van der Waals surface area contributed by atoms with Gasteiger partial charge < -0.3 is 64.6 Å². The number of hydrogen-bond donors (Lipinski definition) is 6. The lowest BCUT2D eigenvalue weighted by atomic mass is 9.50. The Hall–Kier alpha value is -9.52. The molecular formula is C76H96N12O16S. The van der Waals surface area contributed by atoms with Crippen molar-refractivity contribution in [3.63, 3.8) is 0 Å². The molecular weight excluding hydrogens is 1370 g/mol. The lowest BCUT2D eigenvalue weighted by Gasteiger charge is -2.59. The number of carbonyl (C=O) groups is 9. The molecule has 3 aromatic carbocycles. The van der Waals surface area contributed by atoms with Crippen molar-refractivity contribution in [2.75, 3.05) is 108 Å². The molecule has 0 spiro atoms. The van der Waals surface area contributed by atoms with E-state index in [1.165, 1.54) is 42.2 Å². The normalized spacial score (nSPS) is 19.6. The second-order valence-electron chi connectivity index (χ2n) is 28.1. The summed E-state index contributed by atoms with van der Waals surface area (Å²) >= 11 is 1.42. The number of hydrogen-bond acceptors (Lipinski definition) is 20. The lowest BCUT2D eigenvalue weighted by molar-refractivity contribution is -0.183. The van der Waals surface area contributed by atoms with Gasteiger partial charge in [-0.05, 0) is 142 Å². The minimum absolute atomic E-state index is 0.00175. The average molecular weight is 1470 g/mol. The largest absolute Gasteiger partial charge is 0.476 e. The van der Waals surface area contributed by atoms with Gasteiger partial charge in [0.05, 0.1) is 81.5 Å². The van der Waals surface area contributed by atoms with E-state index in [0.717, 1.165) is 70.5 Å². The number of carboxylic acid groups (broad SMARTS) is 1. The molecule has 5 heterocycles. The fourth-order valence-electron chi connectivity index (χ4n) is 14.9. The van der Waals surface area contributed by atoms with Gasteiger partial charge in [-0.3, -0.25) is 48.5 Å². The van der Waals surface area contributed by atoms with Gasteiger partial charge >= 0.3 is 12.1 Å². The molecule has 6 N–H and O–H groups in total. The van der Waals surface area contributed by atoms with E-state index >= 15 is 0 Å². The van der Waals surface area contributed by atoms with Crippen molar-refractivity contribution in [3.05, 3.63) is 131 Å². The van der Waals surface area contributed by atoms with Crippen molar-refractivity contribution in [1.29, 1.82) is 0 Å². The molecule has 28 nitrogen and oxygen atoms in total. The van der Waals surface area contributed by atoms with Crippen LogP contribution in [-0.2, 0) is 83.3 Å². The SMILES string of the molecule is CCC1(Cn2ncc(-c3ccc(N4CCc5cccc(C(=O)Nc6nc7ccccc7s6)c5C4)nc3C(=O)O)c2C)CC2(C)CC(C)CC(OCCN(C)C(=O)OCc3ccc(NC(=O)[C@H](C)NC(=O)[C@H](C)NC(=O)CCOCCOCCOCCOCCNC(=O)CCN4C(=O)C=CC4=O)cc3)(C2)C1. The van der Waals surface area contributed by atoms with Crippen molar-refractivity contribution < 1.29 is 76.7 Å². The standard InChI is InChI=1S/C76H96N12O16S/c1-8-75(48-88-52(5)58(42-78-88)56-20-21-62(83-67(56)71(96)97)86-28-24-54-12-11-13-57(59(54)43-86)70(95)84-72-82-60-14-9-10-15-61(60)105-72)45-74(6)40-49(2)41-76(46-74,47-75)104-33-30-85(7)73(98)103-44-53-16-18-55(19-17-53)81-69(94)51(4)80-68(93)50(3)79-64(90)26-31-99-34-36-101-38-39-102-37-35-100-32-27-77-63(89)25-29-87-65(91)22-23-66(87)92/h9-23,42,49-51H,8,24-41,43-48H2,1-7H3,(H,77,89)(H,79,90)(H,80,93)(H,81,94)(H,96,97)(H,82,84,95)/t49?,50-,51-,74?,75?,76?/m0/s1. The summed E-state index contributed by atoms with van der Waals surface area (Å²) in [6.07, 6.45) is 9.65. The first-order valence-electron chi connectivity index (χ1n) is 35.8. The van der Waals surface area contributed by atoms with Gasteiger partial charge in [0.25, 0.3) is 17.7 Å². The molecule has 0 saturated heterocycles. The van der Waals surface area contributed by atoms with Crippen molar-refractivity contribution >= 4 is 91.6 Å². The van der Waals surface area contributed by atoms with E-state index in [1.807, 2.05) is 71.1 Å². The van der Waals surface area contributed by atoms with E-state index in [9.17, 15) is 48.3 Å². The van der Waals surface area contributed by atoms with Crippen LogP contribution in [0.3, 0.4) is 0 Å². The van der Waals surface area contributed by atoms with Gasteiger partial charge in [-0.2, -0.15) is 5.10 Å². The third-order valence-electron chi connectivity index (χ3n) is 19.8. The lowest BCUT2D eigenvalue weighted by Crippen LogP contribution is -2.56. The summed E-state index contributed by atoms with van der Waals surface area (Å²) in [7, 11) is 1.68. The summed E-state index contributed by atoms with van der Waals surface area (Å²) in [6, 6.07) is 22.1. The minimum Gasteiger partial charge on any atom is -0.476 e. The van der Waals surface area contributed by atoms with Gasteiger partial charge in [-0.1, -0.05) is 68.5 Å². The number of rotatable bonds is 37. The number of aromatic carboxylic acids is 1. The third-order valence-corrected chi connectivity index (χ3v) is 20.7. The van der Waals surface area contributed by atoms with Crippen LogP contribution in [0.15, 0.2) is 97.2 Å². The van der Waals surface area contributed by atoms with Gasteiger partial charge in [0, 0.05) is 99.4 Å². The summed E-state index contributed by atoms with van der Waals surface area (Å²) in [6.45, 7) is 16.5. The fraction of sp³-hybridized carbons (Fsp3) is 0.500. The van der Waals surface area contributed by atoms with Gasteiger partial charge in [-0.15, -0.1) is 0 Å². The monoisotopic (exact) mass is 1460 g/mol. The van der Waals surface area contributed by atoms with Crippen LogP contribution < -0.4 is 31.5 Å². The third kappa shape index (κ3) is 20.9. The second kappa shape index (κ2) is 36.0. The quantitative estimate of drug-likeness (QED) is 0.0158. The molecule has 562 valence electrons. The van der Waals surface area contributed by atoms with Gasteiger partial charge in [0.2, 0.25) is 23.6 Å². The highest BCUT2D eigenvalue weighted by atomic mass is 32.1. The highest BCUT2D eigenvalue weighted by Crippen LogP contribution is 2.61. The molecule has 6 atom stereocenters. The number of imide groups is 1. The van der Waals surface area contributed by atoms with E-state index in [0.29, 0.717) is 110 Å². The smallest absolute Gasteiger partial charge is 0.409 e. The van der Waals surface area contributed by atoms with E-state index in [1.54, 1.807) is 37.5 Å². The van der Waals surface area contributed by atoms with E-state index < -0.39 is 59.3 Å². The van der Waals surface area contributed by atoms with Gasteiger partial charge in [0.15, 0.2) is 10.8 Å². The first-order chi connectivity index (χ1) is 50.4. The number of nitrogens with one attached hydrogen (secondary N) is 5. The minimum atomic E-state index is -1.15. The highest BCUT2D eigenvalue weighted by molar-refractivity contribution is 7.22. The number of likely N-dealkylation sites (N-methyl/N-ethyl adjacent to an activating group) is 1. The van der Waals surface area contributed by atoms with Crippen LogP contribution in [0.1, 0.15) is 129 Å². The van der Waals surface area contributed by atoms with Crippen LogP contribution in [0.4, 0.5) is 21.4 Å². The second-order valence-corrected chi connectivity index (χ2v) is 29.1. The Bertz CT molecular complexity index is 4100. The summed E-state index contributed by atoms with van der Waals surface area (Å²) in [5.41, 5.74) is 5.64. The number of aromatic nitrogens is 4. The predicted molar refractivity (Wildman–Crippen MR) is 392 cm³/mol. The zero-order valence-electron chi connectivity index (χ0n) is 60.8. The molecule has 4 aliphatic rings. The number of benzene rings is 3. The van der Waals surface area contributed by atoms with Crippen LogP contribution in [0.25, 0.3) is 21.3 Å². The van der Waals surface area contributed by atoms with Crippen LogP contribution in [0.2, 0.25) is 0 Å². The Morgan fingerprint density at radius 1 is 0.752 bits per heavy atom. The van der Waals surface area contributed by atoms with Crippen molar-refractivity contribution in [2.24, 2.45) is 16.7 Å². The highest BCUT2D eigenvalue weighted by Gasteiger charge is 2.56. The number of ether oxygens (including phenoxy) is 6. The molecule has 3 aromatic heterocycles. The number of fused-ring (bicyclic) bond motifs is 4. The van der Waals surface area contributed by atoms with Gasteiger partial charge in [-0.25, -0.2) is 19.6 Å². The number of carboxylic acids is 1. The molecule has 8 amide bonds. The van der Waals surface area contributed by atoms with Crippen molar-refractivity contribution in [2.45, 2.75) is 137 Å². The molecule has 0 radical (unpaired) electrons. The number of amides is 8. The van der Waals surface area contributed by atoms with Crippen LogP contribution >= 0.6 is 11.3 Å². The van der Waals surface area contributed by atoms with Crippen LogP contribution in [0, 0.1) is 23.7 Å². The van der Waals surface area contributed by atoms with Crippen LogP contribution in [-0.4, -0.2) is 198 Å². The molecule has 10 rings (SSSR count). The molecule has 6 aromatic rings. The molecule has 2 aliphatic carbocycles. The Morgan fingerprint density at radius 3 is 2.17 bits per heavy atom. The number of thiazole rings is 1. The van der Waals surface area contributed by atoms with Crippen molar-refractivity contribution in [3.8, 4) is 11.1 Å². The van der Waals surface area contributed by atoms with Crippen LogP contribution in [0.5, 0.6) is 0 Å². The zero-order valence-corrected chi connectivity index (χ0v) is 61.6. The molecule has 2 bridgehead atoms. The number of pyridine rings is 1. The molecule has 105 heavy (non-hydrogen) atoms. The maximum atomic E-state index is 13.8. The Labute approximate surface area is 614 Å². The number of para-hydroxylation sites is 1. The Morgan fingerprint density at radius 2 is 1.46 bits per heavy atom. The number of carbonyl (C=O) groups excluding carboxylic acids is 8. The van der Waals surface area contributed by atoms with E-state index in [-0.39, 0.29) is 87.3 Å². The maximum Gasteiger partial charge on any atom is 0.409 e. The molecule has 2 aliphatic heterocycles. The first-order valence-corrected chi connectivity index (χ1v) is 36.6. The summed E-state index contributed by atoms with van der Waals surface area (Å²) in [5.74, 6) is -3.09. The number of nitrogens with zero attached hydrogens (tertiary/aromatic N) is 7. The molecule has 4 unspecified atom stereocenters. The summed E-state index contributed by atoms with van der Waals surface area (Å²) < 4.78 is 37.6. The Balaban J connectivity index is 0.610. The topological polar surface area (TPSA) is 343 Å². The number of anilines is 3. The predicted octanol–water partition coefficient (Wildman–Crippen LogP) is 8.25. The fourth-order valence-corrected chi connectivity index (χ4v) is 15.8. The summed E-state index contributed by atoms with van der Waals surface area (Å²) in [4.78, 5) is 128. The van der Waals surface area contributed by atoms with Gasteiger partial charge in [0.1, 0.15) is 24.5 Å². The Kier molecular flexibility index (Phi) is 26.8. The molecule has 2 fully saturated rings. The maximum absolute atomic E-state index is 13.8. The summed E-state index contributed by atoms with van der Waals surface area (Å²) in [5, 5.41) is 29.9. The molecule has 2 saturated carbocycles. The average Bonchev–Trinajstić information content (AvgIpc) is 1.27. The molecule has 29 heteroatoms. The zero-order chi connectivity index (χ0) is 74.8.